The first-order chi connectivity index (χ1) is 9.62. The van der Waals surface area contributed by atoms with E-state index in [4.69, 9.17) is 15.2 Å². The van der Waals surface area contributed by atoms with Gasteiger partial charge in [-0.25, -0.2) is 0 Å². The number of hydrogen-bond acceptors (Lipinski definition) is 3. The van der Waals surface area contributed by atoms with E-state index in [0.29, 0.717) is 5.75 Å². The monoisotopic (exact) mass is 305 g/mol. The SMILES string of the molecule is CC(C)(C)c1cccc(OC[C@H](CN)OCC(F)(F)F)c1. The van der Waals surface area contributed by atoms with Gasteiger partial charge in [0, 0.05) is 6.54 Å². The molecule has 3 nitrogen and oxygen atoms in total. The van der Waals surface area contributed by atoms with Crippen molar-refractivity contribution in [1.82, 2.24) is 0 Å². The number of halogens is 3. The van der Waals surface area contributed by atoms with Crippen LogP contribution in [-0.2, 0) is 10.2 Å². The van der Waals surface area contributed by atoms with Gasteiger partial charge in [-0.2, -0.15) is 13.2 Å². The zero-order valence-corrected chi connectivity index (χ0v) is 12.5. The van der Waals surface area contributed by atoms with E-state index >= 15 is 0 Å². The van der Waals surface area contributed by atoms with Crippen molar-refractivity contribution in [2.45, 2.75) is 38.5 Å². The molecule has 0 unspecified atom stereocenters. The summed E-state index contributed by atoms with van der Waals surface area (Å²) >= 11 is 0. The summed E-state index contributed by atoms with van der Waals surface area (Å²) in [5, 5.41) is 0. The lowest BCUT2D eigenvalue weighted by Crippen LogP contribution is -2.33. The van der Waals surface area contributed by atoms with Gasteiger partial charge in [-0.05, 0) is 23.1 Å². The standard InChI is InChI=1S/C15H22F3NO2/c1-14(2,3)11-5-4-6-12(7-11)20-9-13(8-19)21-10-15(16,17)18/h4-7,13H,8-10,19H2,1-3H3/t13-/m0/s1. The summed E-state index contributed by atoms with van der Waals surface area (Å²) in [5.41, 5.74) is 6.45. The number of ether oxygens (including phenoxy) is 2. The highest BCUT2D eigenvalue weighted by atomic mass is 19.4. The summed E-state index contributed by atoms with van der Waals surface area (Å²) in [5.74, 6) is 0.594. The second-order valence-corrected chi connectivity index (χ2v) is 5.87. The average molecular weight is 305 g/mol. The molecular weight excluding hydrogens is 283 g/mol. The summed E-state index contributed by atoms with van der Waals surface area (Å²) < 4.78 is 46.5. The predicted octanol–water partition coefficient (Wildman–Crippen LogP) is 3.27. The van der Waals surface area contributed by atoms with Crippen LogP contribution in [0.1, 0.15) is 26.3 Å². The molecule has 21 heavy (non-hydrogen) atoms. The minimum absolute atomic E-state index is 0.0137. The molecule has 120 valence electrons. The van der Waals surface area contributed by atoms with E-state index in [0.717, 1.165) is 5.56 Å². The first-order valence-corrected chi connectivity index (χ1v) is 6.73. The Morgan fingerprint density at radius 1 is 1.19 bits per heavy atom. The van der Waals surface area contributed by atoms with Crippen LogP contribution in [0, 0.1) is 0 Å². The zero-order valence-electron chi connectivity index (χ0n) is 12.5. The number of nitrogens with two attached hydrogens (primary N) is 1. The lowest BCUT2D eigenvalue weighted by Gasteiger charge is -2.21. The number of rotatable bonds is 6. The molecule has 1 aromatic carbocycles. The van der Waals surface area contributed by atoms with Gasteiger partial charge in [0.15, 0.2) is 0 Å². The van der Waals surface area contributed by atoms with Crippen LogP contribution in [-0.4, -0.2) is 32.0 Å². The average Bonchev–Trinajstić information content (AvgIpc) is 2.37. The quantitative estimate of drug-likeness (QED) is 0.877. The van der Waals surface area contributed by atoms with E-state index in [9.17, 15) is 13.2 Å². The maximum absolute atomic E-state index is 12.1. The third-order valence-electron chi connectivity index (χ3n) is 2.88. The number of alkyl halides is 3. The smallest absolute Gasteiger partial charge is 0.411 e. The summed E-state index contributed by atoms with van der Waals surface area (Å²) in [7, 11) is 0. The van der Waals surface area contributed by atoms with E-state index in [1.54, 1.807) is 6.07 Å². The van der Waals surface area contributed by atoms with Crippen LogP contribution >= 0.6 is 0 Å². The summed E-state index contributed by atoms with van der Waals surface area (Å²) in [4.78, 5) is 0. The molecule has 0 spiro atoms. The predicted molar refractivity (Wildman–Crippen MR) is 75.5 cm³/mol. The van der Waals surface area contributed by atoms with Gasteiger partial charge in [0.1, 0.15) is 25.1 Å². The lowest BCUT2D eigenvalue weighted by molar-refractivity contribution is -0.186. The minimum atomic E-state index is -4.36. The van der Waals surface area contributed by atoms with Crippen molar-refractivity contribution in [3.05, 3.63) is 29.8 Å². The first kappa shape index (κ1) is 17.8. The number of benzene rings is 1. The van der Waals surface area contributed by atoms with E-state index in [-0.39, 0.29) is 18.6 Å². The molecule has 1 aromatic rings. The van der Waals surface area contributed by atoms with E-state index in [1.807, 2.05) is 18.2 Å². The molecule has 0 radical (unpaired) electrons. The molecule has 0 aliphatic rings. The Morgan fingerprint density at radius 3 is 2.38 bits per heavy atom. The minimum Gasteiger partial charge on any atom is -0.491 e. The Balaban J connectivity index is 2.57. The van der Waals surface area contributed by atoms with Crippen LogP contribution in [0.2, 0.25) is 0 Å². The van der Waals surface area contributed by atoms with Crippen LogP contribution in [0.3, 0.4) is 0 Å². The Bertz CT molecular complexity index is 441. The van der Waals surface area contributed by atoms with Crippen molar-refractivity contribution >= 4 is 0 Å². The fourth-order valence-corrected chi connectivity index (χ4v) is 1.64. The normalized spacial score (nSPS) is 14.0. The van der Waals surface area contributed by atoms with E-state index in [1.165, 1.54) is 0 Å². The Labute approximate surface area is 123 Å². The molecule has 0 saturated heterocycles. The molecule has 1 rings (SSSR count). The van der Waals surface area contributed by atoms with Gasteiger partial charge in [-0.15, -0.1) is 0 Å². The van der Waals surface area contributed by atoms with Crippen LogP contribution in [0.25, 0.3) is 0 Å². The molecule has 6 heteroatoms. The molecule has 0 aliphatic heterocycles. The molecule has 0 aliphatic carbocycles. The highest BCUT2D eigenvalue weighted by Gasteiger charge is 2.29. The molecular formula is C15H22F3NO2. The van der Waals surface area contributed by atoms with Gasteiger partial charge in [0.05, 0.1) is 0 Å². The van der Waals surface area contributed by atoms with E-state index in [2.05, 4.69) is 20.8 Å². The van der Waals surface area contributed by atoms with Crippen molar-refractivity contribution in [1.29, 1.82) is 0 Å². The zero-order chi connectivity index (χ0) is 16.1. The van der Waals surface area contributed by atoms with Crippen LogP contribution < -0.4 is 10.5 Å². The van der Waals surface area contributed by atoms with E-state index < -0.39 is 18.9 Å². The molecule has 0 aromatic heterocycles. The highest BCUT2D eigenvalue weighted by molar-refractivity contribution is 5.32. The van der Waals surface area contributed by atoms with Gasteiger partial charge >= 0.3 is 6.18 Å². The molecule has 0 heterocycles. The van der Waals surface area contributed by atoms with Gasteiger partial charge in [-0.1, -0.05) is 32.9 Å². The molecule has 0 fully saturated rings. The van der Waals surface area contributed by atoms with Gasteiger partial charge < -0.3 is 15.2 Å². The fraction of sp³-hybridized carbons (Fsp3) is 0.600. The topological polar surface area (TPSA) is 44.5 Å². The molecule has 2 N–H and O–H groups in total. The largest absolute Gasteiger partial charge is 0.491 e. The van der Waals surface area contributed by atoms with Crippen LogP contribution in [0.15, 0.2) is 24.3 Å². The Morgan fingerprint density at radius 2 is 1.86 bits per heavy atom. The van der Waals surface area contributed by atoms with Crippen molar-refractivity contribution in [3.8, 4) is 5.75 Å². The Hall–Kier alpha value is -1.27. The molecule has 0 amide bonds. The molecule has 0 bridgehead atoms. The van der Waals surface area contributed by atoms with Crippen molar-refractivity contribution in [2.24, 2.45) is 5.73 Å². The van der Waals surface area contributed by atoms with Crippen LogP contribution in [0.5, 0.6) is 5.75 Å². The van der Waals surface area contributed by atoms with Crippen molar-refractivity contribution < 1.29 is 22.6 Å². The summed E-state index contributed by atoms with van der Waals surface area (Å²) in [6.45, 7) is 4.85. The fourth-order valence-electron chi connectivity index (χ4n) is 1.64. The second kappa shape index (κ2) is 7.13. The maximum Gasteiger partial charge on any atom is 0.411 e. The maximum atomic E-state index is 12.1. The van der Waals surface area contributed by atoms with Crippen LogP contribution in [0.4, 0.5) is 13.2 Å². The van der Waals surface area contributed by atoms with Crippen molar-refractivity contribution in [2.75, 3.05) is 19.8 Å². The summed E-state index contributed by atoms with van der Waals surface area (Å²) in [6, 6.07) is 7.46. The molecule has 0 saturated carbocycles. The number of hydrogen-bond donors (Lipinski definition) is 1. The van der Waals surface area contributed by atoms with Gasteiger partial charge in [0.25, 0.3) is 0 Å². The van der Waals surface area contributed by atoms with Gasteiger partial charge in [0.2, 0.25) is 0 Å². The first-order valence-electron chi connectivity index (χ1n) is 6.73. The molecule has 1 atom stereocenters. The lowest BCUT2D eigenvalue weighted by atomic mass is 9.87. The Kier molecular flexibility index (Phi) is 6.04. The third kappa shape index (κ3) is 6.82. The van der Waals surface area contributed by atoms with Crippen molar-refractivity contribution in [3.63, 3.8) is 0 Å². The third-order valence-corrected chi connectivity index (χ3v) is 2.88. The second-order valence-electron chi connectivity index (χ2n) is 5.87. The van der Waals surface area contributed by atoms with Gasteiger partial charge in [-0.3, -0.25) is 0 Å². The highest BCUT2D eigenvalue weighted by Crippen LogP contribution is 2.25. The summed E-state index contributed by atoms with van der Waals surface area (Å²) in [6.07, 6.45) is -5.15.